The van der Waals surface area contributed by atoms with E-state index in [1.54, 1.807) is 32.3 Å². The van der Waals surface area contributed by atoms with Crippen molar-refractivity contribution in [3.05, 3.63) is 36.1 Å². The van der Waals surface area contributed by atoms with Crippen molar-refractivity contribution >= 4 is 22.7 Å². The average Bonchev–Trinajstić information content (AvgIpc) is 3.20. The van der Waals surface area contributed by atoms with E-state index in [9.17, 15) is 9.90 Å². The Morgan fingerprint density at radius 2 is 1.84 bits per heavy atom. The van der Waals surface area contributed by atoms with Crippen LogP contribution in [-0.4, -0.2) is 65.4 Å². The zero-order valence-electron chi connectivity index (χ0n) is 18.7. The van der Waals surface area contributed by atoms with E-state index in [-0.39, 0.29) is 17.4 Å². The van der Waals surface area contributed by atoms with Gasteiger partial charge in [0.15, 0.2) is 11.6 Å². The number of carbonyl (C=O) groups excluding carboxylic acids is 1. The van der Waals surface area contributed by atoms with Crippen LogP contribution in [0.25, 0.3) is 22.2 Å². The lowest BCUT2D eigenvalue weighted by Gasteiger charge is -2.43. The number of benzene rings is 1. The van der Waals surface area contributed by atoms with Crippen LogP contribution in [-0.2, 0) is 0 Å². The van der Waals surface area contributed by atoms with Crippen LogP contribution in [0.1, 0.15) is 42.7 Å². The van der Waals surface area contributed by atoms with E-state index < -0.39 is 0 Å². The van der Waals surface area contributed by atoms with Crippen LogP contribution in [0.5, 0.6) is 5.75 Å². The Kier molecular flexibility index (Phi) is 5.25. The van der Waals surface area contributed by atoms with Gasteiger partial charge in [0.05, 0.1) is 5.69 Å². The fraction of sp³-hybridized carbons (Fsp3) is 0.458. The van der Waals surface area contributed by atoms with Gasteiger partial charge in [-0.3, -0.25) is 4.79 Å². The van der Waals surface area contributed by atoms with Gasteiger partial charge >= 0.3 is 0 Å². The van der Waals surface area contributed by atoms with Gasteiger partial charge < -0.3 is 24.6 Å². The molecule has 8 nitrogen and oxygen atoms in total. The van der Waals surface area contributed by atoms with Crippen molar-refractivity contribution in [2.75, 3.05) is 26.0 Å². The van der Waals surface area contributed by atoms with E-state index in [1.165, 1.54) is 24.2 Å². The summed E-state index contributed by atoms with van der Waals surface area (Å²) >= 11 is 0. The van der Waals surface area contributed by atoms with Crippen LogP contribution in [0.3, 0.4) is 0 Å². The molecule has 0 unspecified atom stereocenters. The molecule has 0 radical (unpaired) electrons. The fourth-order valence-corrected chi connectivity index (χ4v) is 5.00. The summed E-state index contributed by atoms with van der Waals surface area (Å²) in [6.45, 7) is 0. The molecule has 2 fully saturated rings. The van der Waals surface area contributed by atoms with E-state index >= 15 is 0 Å². The lowest BCUT2D eigenvalue weighted by atomic mass is 9.83. The Labute approximate surface area is 187 Å². The van der Waals surface area contributed by atoms with Crippen LogP contribution < -0.4 is 10.2 Å². The molecule has 2 aliphatic rings. The van der Waals surface area contributed by atoms with Crippen molar-refractivity contribution < 1.29 is 14.3 Å². The number of fused-ring (bicyclic) bond motifs is 3. The normalized spacial score (nSPS) is 22.7. The van der Waals surface area contributed by atoms with Crippen molar-refractivity contribution in [3.63, 3.8) is 0 Å². The number of furan rings is 1. The molecule has 8 heteroatoms. The summed E-state index contributed by atoms with van der Waals surface area (Å²) in [5.74, 6) is 0.910. The molecule has 1 amide bonds. The minimum Gasteiger partial charge on any atom is -0.507 e. The van der Waals surface area contributed by atoms with Gasteiger partial charge in [-0.05, 0) is 56.0 Å². The van der Waals surface area contributed by atoms with Crippen molar-refractivity contribution in [1.82, 2.24) is 20.4 Å². The molecule has 0 spiro atoms. The number of phenols is 1. The van der Waals surface area contributed by atoms with Gasteiger partial charge in [0.2, 0.25) is 0 Å². The number of piperidine rings is 2. The smallest absolute Gasteiger partial charge is 0.289 e. The van der Waals surface area contributed by atoms with E-state index in [0.717, 1.165) is 18.7 Å². The first kappa shape index (κ1) is 20.8. The summed E-state index contributed by atoms with van der Waals surface area (Å²) in [5, 5.41) is 23.8. The lowest BCUT2D eigenvalue weighted by Crippen LogP contribution is -2.54. The molecule has 2 N–H and O–H groups in total. The molecule has 0 aliphatic carbocycles. The van der Waals surface area contributed by atoms with Crippen molar-refractivity contribution in [3.8, 4) is 17.0 Å². The third-order valence-corrected chi connectivity index (χ3v) is 6.78. The molecule has 2 bridgehead atoms. The van der Waals surface area contributed by atoms with Crippen LogP contribution in [0.15, 0.2) is 34.7 Å². The summed E-state index contributed by atoms with van der Waals surface area (Å²) in [6.07, 6.45) is 6.08. The molecule has 3 aromatic rings. The highest BCUT2D eigenvalue weighted by Crippen LogP contribution is 2.35. The first-order valence-corrected chi connectivity index (χ1v) is 11.2. The highest BCUT2D eigenvalue weighted by molar-refractivity contribution is 5.97. The Hall–Kier alpha value is -3.13. The maximum absolute atomic E-state index is 12.2. The second-order valence-corrected chi connectivity index (χ2v) is 9.22. The number of nitrogens with one attached hydrogen (secondary N) is 1. The van der Waals surface area contributed by atoms with E-state index in [2.05, 4.69) is 27.5 Å². The molecule has 3 atom stereocenters. The van der Waals surface area contributed by atoms with Gasteiger partial charge in [0, 0.05) is 50.2 Å². The summed E-state index contributed by atoms with van der Waals surface area (Å²) in [5.41, 5.74) is 1.60. The van der Waals surface area contributed by atoms with E-state index in [1.807, 2.05) is 12.1 Å². The molecular formula is C24H29N5O3. The second-order valence-electron chi connectivity index (χ2n) is 9.22. The van der Waals surface area contributed by atoms with Crippen molar-refractivity contribution in [2.45, 2.75) is 50.2 Å². The number of hydrogen-bond donors (Lipinski definition) is 2. The Bertz CT molecular complexity index is 1130. The van der Waals surface area contributed by atoms with Crippen LogP contribution in [0.2, 0.25) is 0 Å². The topological polar surface area (TPSA) is 94.7 Å². The molecule has 4 heterocycles. The number of carbonyl (C=O) groups is 1. The number of anilines is 1. The molecule has 2 aliphatic heterocycles. The standard InChI is InChI=1S/C24H29N5O3/c1-28(2)24(31)22-10-14-9-20(30)18(13-21(14)32-22)19-7-8-23(27-26-19)29(3)17-11-15-5-4-6-16(12-17)25-15/h7-10,13,15-17,25,30H,4-6,11-12H2,1-3H3/t15-,16+,17+. The molecule has 0 saturated carbocycles. The number of phenolic OH excluding ortho intramolecular Hbond substituents is 1. The van der Waals surface area contributed by atoms with Gasteiger partial charge in [0.25, 0.3) is 5.91 Å². The Morgan fingerprint density at radius 3 is 2.50 bits per heavy atom. The van der Waals surface area contributed by atoms with Crippen LogP contribution in [0, 0.1) is 0 Å². The SMILES string of the molecule is CN(C)C(=O)c1cc2cc(O)c(-c3ccc(N(C)[C@H]4C[C@H]5CCC[C@@H](C4)N5)nn3)cc2o1. The second kappa shape index (κ2) is 8.09. The number of aromatic nitrogens is 2. The molecular weight excluding hydrogens is 406 g/mol. The number of hydrogen-bond acceptors (Lipinski definition) is 7. The number of amides is 1. The van der Waals surface area contributed by atoms with Gasteiger partial charge in [0.1, 0.15) is 11.3 Å². The predicted octanol–water partition coefficient (Wildman–Crippen LogP) is 3.41. The number of rotatable bonds is 4. The van der Waals surface area contributed by atoms with Gasteiger partial charge in [-0.1, -0.05) is 6.42 Å². The molecule has 32 heavy (non-hydrogen) atoms. The maximum Gasteiger partial charge on any atom is 0.289 e. The quantitative estimate of drug-likeness (QED) is 0.648. The zero-order chi connectivity index (χ0) is 22.4. The fourth-order valence-electron chi connectivity index (χ4n) is 5.00. The molecule has 2 aromatic heterocycles. The summed E-state index contributed by atoms with van der Waals surface area (Å²) < 4.78 is 5.72. The van der Waals surface area contributed by atoms with E-state index in [4.69, 9.17) is 4.42 Å². The largest absolute Gasteiger partial charge is 0.507 e. The van der Waals surface area contributed by atoms with E-state index in [0.29, 0.717) is 40.4 Å². The van der Waals surface area contributed by atoms with Crippen molar-refractivity contribution in [1.29, 1.82) is 0 Å². The van der Waals surface area contributed by atoms with Gasteiger partial charge in [-0.2, -0.15) is 0 Å². The predicted molar refractivity (Wildman–Crippen MR) is 123 cm³/mol. The monoisotopic (exact) mass is 435 g/mol. The van der Waals surface area contributed by atoms with Crippen LogP contribution in [0.4, 0.5) is 5.82 Å². The van der Waals surface area contributed by atoms with Crippen LogP contribution >= 0.6 is 0 Å². The Balaban J connectivity index is 1.38. The minimum absolute atomic E-state index is 0.0729. The first-order valence-electron chi connectivity index (χ1n) is 11.2. The third kappa shape index (κ3) is 3.79. The first-order chi connectivity index (χ1) is 15.4. The summed E-state index contributed by atoms with van der Waals surface area (Å²) in [4.78, 5) is 15.9. The highest BCUT2D eigenvalue weighted by Gasteiger charge is 2.33. The Morgan fingerprint density at radius 1 is 1.09 bits per heavy atom. The summed E-state index contributed by atoms with van der Waals surface area (Å²) in [7, 11) is 5.43. The zero-order valence-corrected chi connectivity index (χ0v) is 18.7. The number of nitrogens with zero attached hydrogens (tertiary/aromatic N) is 4. The molecule has 5 rings (SSSR count). The maximum atomic E-state index is 12.2. The highest BCUT2D eigenvalue weighted by atomic mass is 16.3. The lowest BCUT2D eigenvalue weighted by molar-refractivity contribution is 0.0799. The average molecular weight is 436 g/mol. The third-order valence-electron chi connectivity index (χ3n) is 6.78. The number of aromatic hydroxyl groups is 1. The molecule has 1 aromatic carbocycles. The summed E-state index contributed by atoms with van der Waals surface area (Å²) in [6, 6.07) is 10.4. The molecule has 2 saturated heterocycles. The molecule has 168 valence electrons. The van der Waals surface area contributed by atoms with Crippen molar-refractivity contribution in [2.24, 2.45) is 0 Å². The minimum atomic E-state index is -0.225. The van der Waals surface area contributed by atoms with Gasteiger partial charge in [-0.15, -0.1) is 10.2 Å². The van der Waals surface area contributed by atoms with Gasteiger partial charge in [-0.25, -0.2) is 0 Å².